The van der Waals surface area contributed by atoms with Gasteiger partial charge in [0.05, 0.1) is 6.61 Å². The van der Waals surface area contributed by atoms with E-state index in [9.17, 15) is 0 Å². The summed E-state index contributed by atoms with van der Waals surface area (Å²) >= 11 is 1.77. The van der Waals surface area contributed by atoms with Gasteiger partial charge in [-0.1, -0.05) is 12.1 Å². The predicted molar refractivity (Wildman–Crippen MR) is 77.6 cm³/mol. The van der Waals surface area contributed by atoms with Crippen molar-refractivity contribution in [3.8, 4) is 5.88 Å². The molecule has 2 aromatic rings. The molecule has 1 N–H and O–H groups in total. The quantitative estimate of drug-likeness (QED) is 0.842. The van der Waals surface area contributed by atoms with Crippen molar-refractivity contribution in [3.63, 3.8) is 0 Å². The number of ether oxygens (including phenoxy) is 1. The highest BCUT2D eigenvalue weighted by Gasteiger charge is 2.20. The molecule has 1 fully saturated rings. The van der Waals surface area contributed by atoms with Gasteiger partial charge >= 0.3 is 0 Å². The third-order valence-electron chi connectivity index (χ3n) is 3.18. The molecule has 3 rings (SSSR count). The molecule has 0 spiro atoms. The standard InChI is InChI=1S/C15H18N2OS/c1-3-12(11-17-13-5-6-13)15(16-8-1)18-9-7-14-4-2-10-19-14/h1-4,8,10,13,17H,5-7,9,11H2. The topological polar surface area (TPSA) is 34.1 Å². The lowest BCUT2D eigenvalue weighted by Gasteiger charge is -2.10. The zero-order valence-electron chi connectivity index (χ0n) is 10.8. The van der Waals surface area contributed by atoms with Crippen LogP contribution in [0.4, 0.5) is 0 Å². The van der Waals surface area contributed by atoms with Crippen LogP contribution in [0.1, 0.15) is 23.3 Å². The molecule has 2 heterocycles. The molecule has 4 heteroatoms. The third-order valence-corrected chi connectivity index (χ3v) is 4.11. The summed E-state index contributed by atoms with van der Waals surface area (Å²) in [5.74, 6) is 0.771. The van der Waals surface area contributed by atoms with Crippen molar-refractivity contribution in [2.24, 2.45) is 0 Å². The van der Waals surface area contributed by atoms with E-state index in [4.69, 9.17) is 4.74 Å². The van der Waals surface area contributed by atoms with Crippen LogP contribution < -0.4 is 10.1 Å². The first-order chi connectivity index (χ1) is 9.42. The fourth-order valence-corrected chi connectivity index (χ4v) is 2.62. The zero-order chi connectivity index (χ0) is 12.9. The van der Waals surface area contributed by atoms with Crippen molar-refractivity contribution < 1.29 is 4.74 Å². The molecule has 0 saturated heterocycles. The average Bonchev–Trinajstić information content (AvgIpc) is 3.13. The molecule has 0 atom stereocenters. The average molecular weight is 274 g/mol. The summed E-state index contributed by atoms with van der Waals surface area (Å²) in [5.41, 5.74) is 1.15. The van der Waals surface area contributed by atoms with Crippen molar-refractivity contribution >= 4 is 11.3 Å². The number of nitrogens with zero attached hydrogens (tertiary/aromatic N) is 1. The smallest absolute Gasteiger partial charge is 0.217 e. The predicted octanol–water partition coefficient (Wildman–Crippen LogP) is 3.02. The number of hydrogen-bond acceptors (Lipinski definition) is 4. The second-order valence-electron chi connectivity index (χ2n) is 4.80. The lowest BCUT2D eigenvalue weighted by Crippen LogP contribution is -2.16. The highest BCUT2D eigenvalue weighted by Crippen LogP contribution is 2.21. The number of pyridine rings is 1. The van der Waals surface area contributed by atoms with E-state index < -0.39 is 0 Å². The Balaban J connectivity index is 1.53. The van der Waals surface area contributed by atoms with Crippen LogP contribution in [-0.4, -0.2) is 17.6 Å². The normalized spacial score (nSPS) is 14.5. The van der Waals surface area contributed by atoms with Crippen molar-refractivity contribution in [1.29, 1.82) is 0 Å². The van der Waals surface area contributed by atoms with Gasteiger partial charge in [0.2, 0.25) is 5.88 Å². The summed E-state index contributed by atoms with van der Waals surface area (Å²) in [6.07, 6.45) is 5.34. The minimum Gasteiger partial charge on any atom is -0.477 e. The fraction of sp³-hybridized carbons (Fsp3) is 0.400. The third kappa shape index (κ3) is 3.78. The molecule has 100 valence electrons. The summed E-state index contributed by atoms with van der Waals surface area (Å²) in [6.45, 7) is 1.54. The van der Waals surface area contributed by atoms with E-state index in [1.165, 1.54) is 17.7 Å². The van der Waals surface area contributed by atoms with E-state index in [1.54, 1.807) is 17.5 Å². The van der Waals surface area contributed by atoms with Crippen LogP contribution in [0, 0.1) is 0 Å². The van der Waals surface area contributed by atoms with Crippen LogP contribution in [0.2, 0.25) is 0 Å². The van der Waals surface area contributed by atoms with Crippen LogP contribution in [0.3, 0.4) is 0 Å². The number of aromatic nitrogens is 1. The highest BCUT2D eigenvalue weighted by molar-refractivity contribution is 7.09. The van der Waals surface area contributed by atoms with Crippen LogP contribution >= 0.6 is 11.3 Å². The maximum atomic E-state index is 5.82. The molecule has 0 aliphatic heterocycles. The van der Waals surface area contributed by atoms with Gasteiger partial charge in [0, 0.05) is 35.6 Å². The number of rotatable bonds is 7. The Morgan fingerprint density at radius 2 is 2.26 bits per heavy atom. The Labute approximate surface area is 117 Å². The Hall–Kier alpha value is -1.39. The summed E-state index contributed by atoms with van der Waals surface area (Å²) in [5, 5.41) is 5.60. The molecule has 3 nitrogen and oxygen atoms in total. The SMILES string of the molecule is c1csc(CCOc2ncccc2CNC2CC2)c1. The van der Waals surface area contributed by atoms with Gasteiger partial charge in [0.15, 0.2) is 0 Å². The molecule has 0 aromatic carbocycles. The monoisotopic (exact) mass is 274 g/mol. The van der Waals surface area contributed by atoms with Crippen molar-refractivity contribution in [1.82, 2.24) is 10.3 Å². The minimum absolute atomic E-state index is 0.688. The zero-order valence-corrected chi connectivity index (χ0v) is 11.7. The van der Waals surface area contributed by atoms with Crippen molar-refractivity contribution in [2.45, 2.75) is 31.8 Å². The largest absolute Gasteiger partial charge is 0.477 e. The van der Waals surface area contributed by atoms with E-state index in [0.29, 0.717) is 12.6 Å². The van der Waals surface area contributed by atoms with Gasteiger partial charge in [0.25, 0.3) is 0 Å². The second kappa shape index (κ2) is 6.17. The molecule has 0 radical (unpaired) electrons. The summed E-state index contributed by atoms with van der Waals surface area (Å²) in [7, 11) is 0. The number of thiophene rings is 1. The molecule has 1 aliphatic rings. The Bertz CT molecular complexity index is 509. The van der Waals surface area contributed by atoms with Gasteiger partial charge in [-0.3, -0.25) is 0 Å². The lowest BCUT2D eigenvalue weighted by molar-refractivity contribution is 0.306. The first kappa shape index (κ1) is 12.6. The number of hydrogen-bond donors (Lipinski definition) is 1. The summed E-state index contributed by atoms with van der Waals surface area (Å²) in [4.78, 5) is 5.69. The van der Waals surface area contributed by atoms with Gasteiger partial charge < -0.3 is 10.1 Å². The van der Waals surface area contributed by atoms with Crippen LogP contribution in [0.25, 0.3) is 0 Å². The van der Waals surface area contributed by atoms with Gasteiger partial charge in [-0.2, -0.15) is 0 Å². The molecule has 0 amide bonds. The summed E-state index contributed by atoms with van der Waals surface area (Å²) in [6, 6.07) is 8.98. The van der Waals surface area contributed by atoms with E-state index >= 15 is 0 Å². The Morgan fingerprint density at radius 3 is 3.05 bits per heavy atom. The molecule has 19 heavy (non-hydrogen) atoms. The molecule has 2 aromatic heterocycles. The fourth-order valence-electron chi connectivity index (χ4n) is 1.93. The summed E-state index contributed by atoms with van der Waals surface area (Å²) < 4.78 is 5.82. The Morgan fingerprint density at radius 1 is 1.32 bits per heavy atom. The minimum atomic E-state index is 0.688. The van der Waals surface area contributed by atoms with E-state index in [1.807, 2.05) is 6.07 Å². The Kier molecular flexibility index (Phi) is 4.10. The first-order valence-electron chi connectivity index (χ1n) is 6.74. The van der Waals surface area contributed by atoms with Gasteiger partial charge in [-0.15, -0.1) is 11.3 Å². The van der Waals surface area contributed by atoms with Crippen molar-refractivity contribution in [2.75, 3.05) is 6.61 Å². The van der Waals surface area contributed by atoms with Gasteiger partial charge in [-0.05, 0) is 30.4 Å². The van der Waals surface area contributed by atoms with E-state index in [0.717, 1.165) is 24.4 Å². The second-order valence-corrected chi connectivity index (χ2v) is 5.83. The van der Waals surface area contributed by atoms with Crippen LogP contribution in [-0.2, 0) is 13.0 Å². The maximum Gasteiger partial charge on any atom is 0.217 e. The van der Waals surface area contributed by atoms with Crippen LogP contribution in [0.15, 0.2) is 35.8 Å². The molecular weight excluding hydrogens is 256 g/mol. The van der Waals surface area contributed by atoms with Gasteiger partial charge in [0.1, 0.15) is 0 Å². The number of nitrogens with one attached hydrogen (secondary N) is 1. The van der Waals surface area contributed by atoms with E-state index in [-0.39, 0.29) is 0 Å². The van der Waals surface area contributed by atoms with Crippen molar-refractivity contribution in [3.05, 3.63) is 46.3 Å². The molecule has 0 unspecified atom stereocenters. The van der Waals surface area contributed by atoms with E-state index in [2.05, 4.69) is 33.9 Å². The molecular formula is C15H18N2OS. The van der Waals surface area contributed by atoms with Gasteiger partial charge in [-0.25, -0.2) is 4.98 Å². The van der Waals surface area contributed by atoms with Crippen LogP contribution in [0.5, 0.6) is 5.88 Å². The highest BCUT2D eigenvalue weighted by atomic mass is 32.1. The maximum absolute atomic E-state index is 5.82. The molecule has 0 bridgehead atoms. The molecule has 1 aliphatic carbocycles. The lowest BCUT2D eigenvalue weighted by atomic mass is 10.2. The molecule has 1 saturated carbocycles. The first-order valence-corrected chi connectivity index (χ1v) is 7.62.